The molecule has 3 aliphatic carbocycles. The van der Waals surface area contributed by atoms with E-state index in [1.54, 1.807) is 30.2 Å². The van der Waals surface area contributed by atoms with Crippen LogP contribution < -0.4 is 24.2 Å². The maximum absolute atomic E-state index is 14.1. The number of sulfonamides is 1. The Morgan fingerprint density at radius 2 is 1.89 bits per heavy atom. The van der Waals surface area contributed by atoms with Gasteiger partial charge in [-0.25, -0.2) is 13.4 Å². The Kier molecular flexibility index (Phi) is 9.45. The molecule has 1 aliphatic heterocycles. The molecule has 0 unspecified atom stereocenters. The number of carbonyl (C=O) groups is 3. The van der Waals surface area contributed by atoms with E-state index in [9.17, 15) is 22.8 Å². The topological polar surface area (TPSA) is 153 Å². The van der Waals surface area contributed by atoms with Gasteiger partial charge in [-0.15, -0.1) is 6.58 Å². The first-order valence-electron chi connectivity index (χ1n) is 16.3. The molecule has 1 saturated heterocycles. The number of fused-ring (bicyclic) bond motifs is 1. The fraction of sp³-hybridized carbons (Fsp3) is 0.576. The highest BCUT2D eigenvalue weighted by molar-refractivity contribution is 9.10. The van der Waals surface area contributed by atoms with Crippen molar-refractivity contribution in [3.05, 3.63) is 35.3 Å². The number of carbonyl (C=O) groups excluding carboxylic acids is 3. The van der Waals surface area contributed by atoms with Crippen LogP contribution in [0.3, 0.4) is 0 Å². The van der Waals surface area contributed by atoms with Crippen molar-refractivity contribution in [2.45, 2.75) is 87.6 Å². The minimum absolute atomic E-state index is 0.107. The number of benzene rings is 1. The van der Waals surface area contributed by atoms with Gasteiger partial charge >= 0.3 is 0 Å². The van der Waals surface area contributed by atoms with Gasteiger partial charge in [0.25, 0.3) is 5.91 Å². The average Bonchev–Trinajstić information content (AvgIpc) is 3.99. The number of aromatic nitrogens is 1. The summed E-state index contributed by atoms with van der Waals surface area (Å²) in [7, 11) is -2.26. The van der Waals surface area contributed by atoms with E-state index in [0.29, 0.717) is 52.2 Å². The zero-order valence-corrected chi connectivity index (χ0v) is 29.0. The van der Waals surface area contributed by atoms with Crippen molar-refractivity contribution in [3.63, 3.8) is 0 Å². The molecule has 2 aromatic rings. The molecule has 12 nitrogen and oxygen atoms in total. The molecule has 2 heterocycles. The van der Waals surface area contributed by atoms with Gasteiger partial charge in [-0.05, 0) is 67.1 Å². The van der Waals surface area contributed by atoms with Crippen LogP contribution in [0, 0.1) is 11.8 Å². The number of rotatable bonds is 12. The summed E-state index contributed by atoms with van der Waals surface area (Å²) in [5, 5.41) is 2.95. The van der Waals surface area contributed by atoms with Crippen molar-refractivity contribution in [2.75, 3.05) is 20.3 Å². The van der Waals surface area contributed by atoms with Crippen LogP contribution in [0.2, 0.25) is 0 Å². The summed E-state index contributed by atoms with van der Waals surface area (Å²) < 4.78 is 45.8. The SMILES string of the molecule is C=C[C@@H]1C[C@]1(NC(=O)[C@H]1C[C@@H](Oc2cc(OCC)nc3c(Br)c(OC)ccc23)CN1C(=O)C1CCCCC1)C(=O)NS(=O)(=O)C1CC1. The molecule has 1 aromatic heterocycles. The van der Waals surface area contributed by atoms with Crippen LogP contribution in [0.25, 0.3) is 10.9 Å². The number of pyridine rings is 1. The number of amides is 3. The number of likely N-dealkylation sites (tertiary alicyclic amines) is 1. The Morgan fingerprint density at radius 1 is 1.15 bits per heavy atom. The molecule has 6 rings (SSSR count). The van der Waals surface area contributed by atoms with E-state index in [2.05, 4.69) is 37.5 Å². The van der Waals surface area contributed by atoms with Gasteiger partial charge in [0.15, 0.2) is 0 Å². The summed E-state index contributed by atoms with van der Waals surface area (Å²) in [4.78, 5) is 47.6. The molecule has 14 heteroatoms. The lowest BCUT2D eigenvalue weighted by Gasteiger charge is -2.30. The predicted octanol–water partition coefficient (Wildman–Crippen LogP) is 4.00. The molecule has 47 heavy (non-hydrogen) atoms. The molecule has 0 spiro atoms. The van der Waals surface area contributed by atoms with Crippen LogP contribution in [0.4, 0.5) is 0 Å². The van der Waals surface area contributed by atoms with Crippen LogP contribution in [0.5, 0.6) is 17.4 Å². The van der Waals surface area contributed by atoms with Gasteiger partial charge in [-0.2, -0.15) is 0 Å². The highest BCUT2D eigenvalue weighted by atomic mass is 79.9. The van der Waals surface area contributed by atoms with Crippen LogP contribution in [0.15, 0.2) is 35.3 Å². The van der Waals surface area contributed by atoms with Gasteiger partial charge in [-0.3, -0.25) is 19.1 Å². The average molecular weight is 734 g/mol. The molecule has 4 aliphatic rings. The van der Waals surface area contributed by atoms with E-state index in [1.165, 1.54) is 0 Å². The molecule has 4 fully saturated rings. The second-order valence-electron chi connectivity index (χ2n) is 12.9. The first-order valence-corrected chi connectivity index (χ1v) is 18.6. The number of hydrogen-bond acceptors (Lipinski definition) is 9. The van der Waals surface area contributed by atoms with Gasteiger partial charge < -0.3 is 24.4 Å². The summed E-state index contributed by atoms with van der Waals surface area (Å²) >= 11 is 3.58. The second kappa shape index (κ2) is 13.3. The van der Waals surface area contributed by atoms with Gasteiger partial charge in [0, 0.05) is 29.7 Å². The number of methoxy groups -OCH3 is 1. The highest BCUT2D eigenvalue weighted by Gasteiger charge is 2.62. The van der Waals surface area contributed by atoms with Crippen molar-refractivity contribution in [3.8, 4) is 17.4 Å². The van der Waals surface area contributed by atoms with Crippen molar-refractivity contribution in [1.82, 2.24) is 19.9 Å². The standard InChI is InChI=1S/C33H41BrN4O8S/c1-4-20-17-33(20,32(41)37-47(42,43)22-11-12-22)36-30(39)24-15-21(18-38(24)31(40)19-9-7-6-8-10-19)46-26-16-27(45-5-2)35-29-23(26)13-14-25(44-3)28(29)34/h4,13-14,16,19-22,24H,1,5-12,15,17-18H2,2-3H3,(H,36,39)(H,37,41)/t20-,21-,24-,33-/m1/s1. The third-order valence-corrected chi connectivity index (χ3v) is 12.3. The van der Waals surface area contributed by atoms with Gasteiger partial charge in [0.2, 0.25) is 27.7 Å². The van der Waals surface area contributed by atoms with E-state index < -0.39 is 50.7 Å². The highest BCUT2D eigenvalue weighted by Crippen LogP contribution is 2.46. The molecule has 254 valence electrons. The van der Waals surface area contributed by atoms with Gasteiger partial charge in [0.05, 0.1) is 35.5 Å². The van der Waals surface area contributed by atoms with Crippen molar-refractivity contribution in [1.29, 1.82) is 0 Å². The third kappa shape index (κ3) is 6.67. The smallest absolute Gasteiger partial charge is 0.259 e. The van der Waals surface area contributed by atoms with Gasteiger partial charge in [0.1, 0.15) is 29.2 Å². The lowest BCUT2D eigenvalue weighted by Crippen LogP contribution is -2.57. The van der Waals surface area contributed by atoms with E-state index >= 15 is 0 Å². The lowest BCUT2D eigenvalue weighted by atomic mass is 9.88. The number of ether oxygens (including phenoxy) is 3. The second-order valence-corrected chi connectivity index (χ2v) is 15.6. The first-order chi connectivity index (χ1) is 22.5. The normalized spacial score (nSPS) is 26.0. The maximum Gasteiger partial charge on any atom is 0.259 e. The molecule has 0 bridgehead atoms. The quantitative estimate of drug-likeness (QED) is 0.309. The third-order valence-electron chi connectivity index (χ3n) is 9.68. The van der Waals surface area contributed by atoms with E-state index in [4.69, 9.17) is 14.2 Å². The van der Waals surface area contributed by atoms with Crippen molar-refractivity contribution < 1.29 is 37.0 Å². The summed E-state index contributed by atoms with van der Waals surface area (Å²) in [5.41, 5.74) is -0.871. The number of nitrogens with zero attached hydrogens (tertiary/aromatic N) is 2. The maximum atomic E-state index is 14.1. The number of hydrogen-bond donors (Lipinski definition) is 2. The molecule has 3 amide bonds. The molecular formula is C33H41BrN4O8S. The zero-order chi connectivity index (χ0) is 33.5. The Morgan fingerprint density at radius 3 is 2.53 bits per heavy atom. The Labute approximate surface area is 283 Å². The summed E-state index contributed by atoms with van der Waals surface area (Å²) in [6.07, 6.45) is 6.84. The molecule has 4 atom stereocenters. The van der Waals surface area contributed by atoms with Gasteiger partial charge in [-0.1, -0.05) is 25.3 Å². The number of halogens is 1. The Balaban J connectivity index is 1.28. The minimum Gasteiger partial charge on any atom is -0.495 e. The summed E-state index contributed by atoms with van der Waals surface area (Å²) in [6.45, 7) is 6.19. The van der Waals surface area contributed by atoms with E-state index in [1.807, 2.05) is 13.0 Å². The van der Waals surface area contributed by atoms with Crippen LogP contribution in [-0.4, -0.2) is 79.2 Å². The predicted molar refractivity (Wildman–Crippen MR) is 178 cm³/mol. The first kappa shape index (κ1) is 33.5. The summed E-state index contributed by atoms with van der Waals surface area (Å²) in [6, 6.07) is 4.41. The van der Waals surface area contributed by atoms with Crippen LogP contribution in [-0.2, 0) is 24.4 Å². The minimum atomic E-state index is -3.83. The zero-order valence-electron chi connectivity index (χ0n) is 26.6. The number of nitrogens with one attached hydrogen (secondary N) is 2. The molecule has 3 saturated carbocycles. The molecule has 1 aromatic carbocycles. The van der Waals surface area contributed by atoms with E-state index in [-0.39, 0.29) is 31.2 Å². The van der Waals surface area contributed by atoms with Crippen molar-refractivity contribution in [2.24, 2.45) is 11.8 Å². The summed E-state index contributed by atoms with van der Waals surface area (Å²) in [5.74, 6) is -0.617. The molecule has 2 N–H and O–H groups in total. The largest absolute Gasteiger partial charge is 0.495 e. The molecular weight excluding hydrogens is 692 g/mol. The lowest BCUT2D eigenvalue weighted by molar-refractivity contribution is -0.143. The van der Waals surface area contributed by atoms with E-state index in [0.717, 1.165) is 32.1 Å². The fourth-order valence-corrected chi connectivity index (χ4v) is 8.78. The Bertz CT molecular complexity index is 1690. The van der Waals surface area contributed by atoms with Crippen LogP contribution in [0.1, 0.15) is 64.7 Å². The monoisotopic (exact) mass is 732 g/mol. The van der Waals surface area contributed by atoms with Crippen LogP contribution >= 0.6 is 15.9 Å². The fourth-order valence-electron chi connectivity index (χ4n) is 6.82. The Hall–Kier alpha value is -3.39. The van der Waals surface area contributed by atoms with Crippen molar-refractivity contribution >= 4 is 54.6 Å². The molecule has 0 radical (unpaired) electrons.